The number of hydrogen-bond acceptors (Lipinski definition) is 1. The molecule has 0 unspecified atom stereocenters. The molecule has 0 aliphatic heterocycles. The molecule has 0 amide bonds. The molecule has 29 heavy (non-hydrogen) atoms. The van der Waals surface area contributed by atoms with Gasteiger partial charge in [0.05, 0.1) is 5.36 Å². The van der Waals surface area contributed by atoms with Gasteiger partial charge in [-0.25, -0.2) is 0 Å². The van der Waals surface area contributed by atoms with Crippen LogP contribution in [0.5, 0.6) is 0 Å². The topological polar surface area (TPSA) is 28.8 Å². The van der Waals surface area contributed by atoms with Crippen molar-refractivity contribution in [3.63, 3.8) is 0 Å². The number of nitrogens with zero attached hydrogens (tertiary/aromatic N) is 1. The van der Waals surface area contributed by atoms with Crippen LogP contribution in [0.3, 0.4) is 0 Å². The summed E-state index contributed by atoms with van der Waals surface area (Å²) in [5, 5.41) is 9.59. The summed E-state index contributed by atoms with van der Waals surface area (Å²) in [5.41, 5.74) is 5.89. The molecule has 0 bridgehead atoms. The zero-order valence-electron chi connectivity index (χ0n) is 19.3. The fraction of sp³-hybridized carbons (Fsp3) is 0.815. The van der Waals surface area contributed by atoms with Gasteiger partial charge in [0.1, 0.15) is 0 Å². The van der Waals surface area contributed by atoms with Crippen LogP contribution in [0.15, 0.2) is 0 Å². The minimum atomic E-state index is 0.925. The van der Waals surface area contributed by atoms with Gasteiger partial charge in [-0.2, -0.15) is 0 Å². The van der Waals surface area contributed by atoms with Crippen LogP contribution in [0.25, 0.3) is 0 Å². The minimum Gasteiger partial charge on any atom is -0.348 e. The van der Waals surface area contributed by atoms with Crippen LogP contribution >= 0.6 is 0 Å². The Hall–Kier alpha value is -1.05. The lowest BCUT2D eigenvalue weighted by Crippen LogP contribution is -2.27. The first-order chi connectivity index (χ1) is 14.3. The van der Waals surface area contributed by atoms with Crippen molar-refractivity contribution in [2.45, 2.75) is 142 Å². The lowest BCUT2D eigenvalue weighted by Gasteiger charge is -2.26. The fourth-order valence-electron chi connectivity index (χ4n) is 5.65. The number of pyridine rings is 1. The van der Waals surface area contributed by atoms with E-state index >= 15 is 0 Å². The molecule has 1 N–H and O–H groups in total. The molecule has 0 atom stereocenters. The fourth-order valence-corrected chi connectivity index (χ4v) is 5.65. The number of aromatic nitrogens is 1. The van der Waals surface area contributed by atoms with Gasteiger partial charge in [-0.05, 0) is 62.5 Å². The predicted octanol–water partition coefficient (Wildman–Crippen LogP) is 7.43. The summed E-state index contributed by atoms with van der Waals surface area (Å²) in [4.78, 5) is 0. The second-order valence-electron chi connectivity index (χ2n) is 9.68. The molecule has 2 aliphatic rings. The van der Waals surface area contributed by atoms with Gasteiger partial charge >= 0.3 is 0 Å². The van der Waals surface area contributed by atoms with Gasteiger partial charge in [0.15, 0.2) is 0 Å². The van der Waals surface area contributed by atoms with Crippen LogP contribution in [0.4, 0.5) is 0 Å². The SMILES string of the molecule is CCCCCCCCCCCCCCCn1c2c(c(=N)c3c1CCC3)CCCC2. The van der Waals surface area contributed by atoms with E-state index in [4.69, 9.17) is 5.41 Å². The number of rotatable bonds is 14. The average Bonchev–Trinajstić information content (AvgIpc) is 3.23. The maximum atomic E-state index is 8.67. The van der Waals surface area contributed by atoms with E-state index in [1.807, 2.05) is 0 Å². The maximum Gasteiger partial charge on any atom is 0.0638 e. The van der Waals surface area contributed by atoms with Crippen molar-refractivity contribution >= 4 is 0 Å². The minimum absolute atomic E-state index is 0.925. The summed E-state index contributed by atoms with van der Waals surface area (Å²) in [6.45, 7) is 3.51. The van der Waals surface area contributed by atoms with Crippen molar-refractivity contribution in [2.75, 3.05) is 0 Å². The molecule has 0 aromatic carbocycles. The highest BCUT2D eigenvalue weighted by Gasteiger charge is 2.24. The average molecular weight is 399 g/mol. The van der Waals surface area contributed by atoms with Gasteiger partial charge in [0, 0.05) is 17.9 Å². The Balaban J connectivity index is 1.33. The molecule has 0 radical (unpaired) electrons. The van der Waals surface area contributed by atoms with Gasteiger partial charge < -0.3 is 9.98 Å². The van der Waals surface area contributed by atoms with Crippen LogP contribution in [-0.4, -0.2) is 4.57 Å². The first-order valence-corrected chi connectivity index (χ1v) is 13.1. The first kappa shape index (κ1) is 22.6. The van der Waals surface area contributed by atoms with Gasteiger partial charge in [0.2, 0.25) is 0 Å². The van der Waals surface area contributed by atoms with Crippen LogP contribution in [0, 0.1) is 5.41 Å². The third-order valence-corrected chi connectivity index (χ3v) is 7.37. The zero-order chi connectivity index (χ0) is 20.3. The molecule has 0 fully saturated rings. The van der Waals surface area contributed by atoms with E-state index < -0.39 is 0 Å². The molecule has 1 aromatic rings. The highest BCUT2D eigenvalue weighted by molar-refractivity contribution is 5.35. The predicted molar refractivity (Wildman–Crippen MR) is 125 cm³/mol. The molecule has 2 aliphatic carbocycles. The number of unbranched alkanes of at least 4 members (excludes halogenated alkanes) is 12. The third-order valence-electron chi connectivity index (χ3n) is 7.37. The van der Waals surface area contributed by atoms with Gasteiger partial charge in [-0.15, -0.1) is 0 Å². The number of hydrogen-bond donors (Lipinski definition) is 1. The second-order valence-corrected chi connectivity index (χ2v) is 9.68. The van der Waals surface area contributed by atoms with Crippen molar-refractivity contribution in [3.8, 4) is 0 Å². The molecule has 2 nitrogen and oxygen atoms in total. The van der Waals surface area contributed by atoms with E-state index in [0.29, 0.717) is 0 Å². The van der Waals surface area contributed by atoms with Gasteiger partial charge in [-0.1, -0.05) is 84.0 Å². The highest BCUT2D eigenvalue weighted by Crippen LogP contribution is 2.27. The molecular formula is C27H46N2. The summed E-state index contributed by atoms with van der Waals surface area (Å²) in [6, 6.07) is 0. The molecule has 1 aromatic heterocycles. The molecular weight excluding hydrogens is 352 g/mol. The monoisotopic (exact) mass is 398 g/mol. The van der Waals surface area contributed by atoms with Crippen LogP contribution in [0.2, 0.25) is 0 Å². The second kappa shape index (κ2) is 12.6. The van der Waals surface area contributed by atoms with Crippen molar-refractivity contribution in [2.24, 2.45) is 0 Å². The summed E-state index contributed by atoms with van der Waals surface area (Å²) in [6.07, 6.45) is 27.2. The molecule has 0 saturated heterocycles. The largest absolute Gasteiger partial charge is 0.348 e. The van der Waals surface area contributed by atoms with Gasteiger partial charge in [-0.3, -0.25) is 0 Å². The Labute approximate surface area is 180 Å². The summed E-state index contributed by atoms with van der Waals surface area (Å²) >= 11 is 0. The molecule has 0 saturated carbocycles. The van der Waals surface area contributed by atoms with E-state index in [1.165, 1.54) is 139 Å². The molecule has 164 valence electrons. The molecule has 1 heterocycles. The normalized spacial score (nSPS) is 15.5. The quantitative estimate of drug-likeness (QED) is 0.316. The van der Waals surface area contributed by atoms with Crippen molar-refractivity contribution in [1.82, 2.24) is 4.57 Å². The van der Waals surface area contributed by atoms with E-state index in [0.717, 1.165) is 18.2 Å². The number of fused-ring (bicyclic) bond motifs is 2. The molecule has 0 spiro atoms. The Morgan fingerprint density at radius 1 is 0.586 bits per heavy atom. The van der Waals surface area contributed by atoms with Crippen molar-refractivity contribution < 1.29 is 0 Å². The summed E-state index contributed by atoms with van der Waals surface area (Å²) < 4.78 is 2.69. The Bertz CT molecular complexity index is 670. The van der Waals surface area contributed by atoms with Crippen molar-refractivity contribution in [3.05, 3.63) is 27.9 Å². The Morgan fingerprint density at radius 3 is 1.62 bits per heavy atom. The lowest BCUT2D eigenvalue weighted by molar-refractivity contribution is 0.504. The highest BCUT2D eigenvalue weighted by atomic mass is 15.0. The lowest BCUT2D eigenvalue weighted by atomic mass is 9.92. The molecule has 3 rings (SSSR count). The van der Waals surface area contributed by atoms with E-state index in [9.17, 15) is 0 Å². The Kier molecular flexibility index (Phi) is 9.83. The van der Waals surface area contributed by atoms with E-state index in [2.05, 4.69) is 11.5 Å². The van der Waals surface area contributed by atoms with Crippen LogP contribution < -0.4 is 5.36 Å². The summed E-state index contributed by atoms with van der Waals surface area (Å²) in [5.74, 6) is 0. The van der Waals surface area contributed by atoms with E-state index in [1.54, 1.807) is 5.69 Å². The number of nitrogens with one attached hydrogen (secondary N) is 1. The summed E-state index contributed by atoms with van der Waals surface area (Å²) in [7, 11) is 0. The smallest absolute Gasteiger partial charge is 0.0638 e. The standard InChI is InChI=1S/C27H46N2/c1-2-3-4-5-6-7-8-9-10-11-12-13-16-22-29-25-20-15-14-18-23(25)27(28)24-19-17-21-26(24)29/h28H,2-22H2,1H3. The zero-order valence-corrected chi connectivity index (χ0v) is 19.3. The Morgan fingerprint density at radius 2 is 1.03 bits per heavy atom. The van der Waals surface area contributed by atoms with Crippen LogP contribution in [0.1, 0.15) is 132 Å². The van der Waals surface area contributed by atoms with Gasteiger partial charge in [0.25, 0.3) is 0 Å². The van der Waals surface area contributed by atoms with Crippen LogP contribution in [-0.2, 0) is 32.2 Å². The molecule has 2 heteroatoms. The maximum absolute atomic E-state index is 8.67. The van der Waals surface area contributed by atoms with E-state index in [-0.39, 0.29) is 0 Å². The third kappa shape index (κ3) is 6.46. The van der Waals surface area contributed by atoms with Crippen molar-refractivity contribution in [1.29, 1.82) is 5.41 Å². The first-order valence-electron chi connectivity index (χ1n) is 13.1.